The summed E-state index contributed by atoms with van der Waals surface area (Å²) in [7, 11) is 0. The van der Waals surface area contributed by atoms with Crippen LogP contribution in [-0.4, -0.2) is 18.3 Å². The molecule has 0 radical (unpaired) electrons. The highest BCUT2D eigenvalue weighted by atomic mass is 19.1. The van der Waals surface area contributed by atoms with Crippen molar-refractivity contribution in [1.82, 2.24) is 0 Å². The highest BCUT2D eigenvalue weighted by Gasteiger charge is 2.21. The summed E-state index contributed by atoms with van der Waals surface area (Å²) >= 11 is 0. The highest BCUT2D eigenvalue weighted by Crippen LogP contribution is 2.26. The van der Waals surface area contributed by atoms with Gasteiger partial charge in [0.1, 0.15) is 0 Å². The molecule has 0 saturated heterocycles. The van der Waals surface area contributed by atoms with Crippen LogP contribution >= 0.6 is 0 Å². The van der Waals surface area contributed by atoms with Crippen molar-refractivity contribution in [3.05, 3.63) is 29.6 Å². The molecule has 3 nitrogen and oxygen atoms in total. The van der Waals surface area contributed by atoms with E-state index in [4.69, 9.17) is 15.6 Å². The minimum absolute atomic E-state index is 0.0260. The van der Waals surface area contributed by atoms with Crippen LogP contribution in [0.1, 0.15) is 25.8 Å². The molecule has 90 valence electrons. The minimum Gasteiger partial charge on any atom is -0.491 e. The molecule has 0 aromatic heterocycles. The normalized spacial score (nSPS) is 14.6. The van der Waals surface area contributed by atoms with E-state index in [9.17, 15) is 4.39 Å². The van der Waals surface area contributed by atoms with Crippen LogP contribution in [0.15, 0.2) is 18.2 Å². The molecule has 3 N–H and O–H groups in total. The number of aliphatic hydroxyl groups excluding tert-OH is 1. The SMILES string of the molecule is CCOc1ccc(C(C)(N)CCO)cc1F. The summed E-state index contributed by atoms with van der Waals surface area (Å²) in [6.45, 7) is 3.96. The molecule has 4 heteroatoms. The van der Waals surface area contributed by atoms with Crippen LogP contribution in [0.3, 0.4) is 0 Å². The number of nitrogens with two attached hydrogens (primary N) is 1. The molecule has 1 aromatic carbocycles. The molecule has 0 fully saturated rings. The van der Waals surface area contributed by atoms with E-state index in [-0.39, 0.29) is 12.4 Å². The predicted molar refractivity (Wildman–Crippen MR) is 60.8 cm³/mol. The Morgan fingerprint density at radius 1 is 1.50 bits per heavy atom. The predicted octanol–water partition coefficient (Wildman–Crippen LogP) is 1.78. The van der Waals surface area contributed by atoms with Crippen LogP contribution in [-0.2, 0) is 5.54 Å². The summed E-state index contributed by atoms with van der Waals surface area (Å²) in [5.74, 6) is -0.194. The van der Waals surface area contributed by atoms with Gasteiger partial charge in [0.25, 0.3) is 0 Å². The van der Waals surface area contributed by atoms with E-state index in [1.54, 1.807) is 26.0 Å². The lowest BCUT2D eigenvalue weighted by Crippen LogP contribution is -2.34. The van der Waals surface area contributed by atoms with E-state index in [1.165, 1.54) is 6.07 Å². The maximum absolute atomic E-state index is 13.6. The smallest absolute Gasteiger partial charge is 0.165 e. The van der Waals surface area contributed by atoms with Gasteiger partial charge in [-0.2, -0.15) is 0 Å². The monoisotopic (exact) mass is 227 g/mol. The molecule has 0 saturated carbocycles. The van der Waals surface area contributed by atoms with E-state index < -0.39 is 11.4 Å². The first-order valence-electron chi connectivity index (χ1n) is 5.34. The second-order valence-electron chi connectivity index (χ2n) is 3.97. The van der Waals surface area contributed by atoms with Crippen LogP contribution in [0.4, 0.5) is 4.39 Å². The third-order valence-electron chi connectivity index (χ3n) is 2.52. The summed E-state index contributed by atoms with van der Waals surface area (Å²) < 4.78 is 18.7. The molecular weight excluding hydrogens is 209 g/mol. The highest BCUT2D eigenvalue weighted by molar-refractivity contribution is 5.33. The summed E-state index contributed by atoms with van der Waals surface area (Å²) in [6, 6.07) is 4.65. The first kappa shape index (κ1) is 12.9. The number of hydrogen-bond acceptors (Lipinski definition) is 3. The molecule has 1 aromatic rings. The van der Waals surface area contributed by atoms with E-state index in [2.05, 4.69) is 0 Å². The lowest BCUT2D eigenvalue weighted by molar-refractivity contribution is 0.246. The van der Waals surface area contributed by atoms with Crippen molar-refractivity contribution in [2.45, 2.75) is 25.8 Å². The van der Waals surface area contributed by atoms with Crippen molar-refractivity contribution in [3.63, 3.8) is 0 Å². The van der Waals surface area contributed by atoms with Gasteiger partial charge < -0.3 is 15.6 Å². The third-order valence-corrected chi connectivity index (χ3v) is 2.52. The molecule has 0 heterocycles. The van der Waals surface area contributed by atoms with Gasteiger partial charge in [0.2, 0.25) is 0 Å². The maximum atomic E-state index is 13.6. The molecule has 0 aliphatic carbocycles. The molecule has 1 atom stereocenters. The molecular formula is C12H18FNO2. The Labute approximate surface area is 95.0 Å². The standard InChI is InChI=1S/C12H18FNO2/c1-3-16-11-5-4-9(8-10(11)13)12(2,14)6-7-15/h4-5,8,15H,3,6-7,14H2,1-2H3. The Hall–Kier alpha value is -1.13. The second kappa shape index (κ2) is 5.27. The van der Waals surface area contributed by atoms with Gasteiger partial charge in [-0.1, -0.05) is 6.07 Å². The summed E-state index contributed by atoms with van der Waals surface area (Å²) in [6.07, 6.45) is 0.389. The van der Waals surface area contributed by atoms with Crippen LogP contribution in [0.5, 0.6) is 5.75 Å². The first-order chi connectivity index (χ1) is 7.51. The number of rotatable bonds is 5. The van der Waals surface area contributed by atoms with Crippen LogP contribution in [0.25, 0.3) is 0 Å². The number of halogens is 1. The zero-order valence-electron chi connectivity index (χ0n) is 9.66. The Balaban J connectivity index is 2.96. The van der Waals surface area contributed by atoms with Crippen LogP contribution in [0.2, 0.25) is 0 Å². The third kappa shape index (κ3) is 2.93. The van der Waals surface area contributed by atoms with Gasteiger partial charge in [-0.05, 0) is 38.0 Å². The van der Waals surface area contributed by atoms with Crippen LogP contribution < -0.4 is 10.5 Å². The fourth-order valence-electron chi connectivity index (χ4n) is 1.51. The molecule has 1 unspecified atom stereocenters. The van der Waals surface area contributed by atoms with E-state index in [1.807, 2.05) is 0 Å². The topological polar surface area (TPSA) is 55.5 Å². The molecule has 16 heavy (non-hydrogen) atoms. The molecule has 0 amide bonds. The van der Waals surface area contributed by atoms with Crippen LogP contribution in [0, 0.1) is 5.82 Å². The zero-order valence-corrected chi connectivity index (χ0v) is 9.66. The van der Waals surface area contributed by atoms with Gasteiger partial charge in [0, 0.05) is 12.1 Å². The number of aliphatic hydroxyl groups is 1. The average Bonchev–Trinajstić information content (AvgIpc) is 2.21. The maximum Gasteiger partial charge on any atom is 0.165 e. The Morgan fingerprint density at radius 2 is 2.19 bits per heavy atom. The summed E-state index contributed by atoms with van der Waals surface area (Å²) in [4.78, 5) is 0. The van der Waals surface area contributed by atoms with Crippen molar-refractivity contribution >= 4 is 0 Å². The van der Waals surface area contributed by atoms with Gasteiger partial charge in [0.05, 0.1) is 6.61 Å². The van der Waals surface area contributed by atoms with Gasteiger partial charge in [0.15, 0.2) is 11.6 Å². The lowest BCUT2D eigenvalue weighted by atomic mass is 9.90. The molecule has 0 spiro atoms. The Morgan fingerprint density at radius 3 is 2.69 bits per heavy atom. The van der Waals surface area contributed by atoms with E-state index >= 15 is 0 Å². The van der Waals surface area contributed by atoms with Crippen molar-refractivity contribution in [1.29, 1.82) is 0 Å². The quantitative estimate of drug-likeness (QED) is 0.806. The molecule has 0 bridgehead atoms. The second-order valence-corrected chi connectivity index (χ2v) is 3.97. The first-order valence-corrected chi connectivity index (χ1v) is 5.34. The van der Waals surface area contributed by atoms with Gasteiger partial charge in [-0.15, -0.1) is 0 Å². The lowest BCUT2D eigenvalue weighted by Gasteiger charge is -2.24. The van der Waals surface area contributed by atoms with Gasteiger partial charge in [-0.25, -0.2) is 4.39 Å². The summed E-state index contributed by atoms with van der Waals surface area (Å²) in [5.41, 5.74) is 5.91. The minimum atomic E-state index is -0.722. The van der Waals surface area contributed by atoms with Crippen molar-refractivity contribution in [3.8, 4) is 5.75 Å². The van der Waals surface area contributed by atoms with Crippen molar-refractivity contribution in [2.75, 3.05) is 13.2 Å². The molecule has 1 rings (SSSR count). The largest absolute Gasteiger partial charge is 0.491 e. The Kier molecular flexibility index (Phi) is 4.26. The van der Waals surface area contributed by atoms with Gasteiger partial charge in [-0.3, -0.25) is 0 Å². The zero-order chi connectivity index (χ0) is 12.2. The fraction of sp³-hybridized carbons (Fsp3) is 0.500. The van der Waals surface area contributed by atoms with Gasteiger partial charge >= 0.3 is 0 Å². The van der Waals surface area contributed by atoms with Crippen molar-refractivity contribution < 1.29 is 14.2 Å². The van der Waals surface area contributed by atoms with E-state index in [0.717, 1.165) is 0 Å². The van der Waals surface area contributed by atoms with E-state index in [0.29, 0.717) is 18.6 Å². The number of benzene rings is 1. The molecule has 0 aliphatic heterocycles. The molecule has 0 aliphatic rings. The number of hydrogen-bond donors (Lipinski definition) is 2. The Bertz CT molecular complexity index is 353. The van der Waals surface area contributed by atoms with Crippen molar-refractivity contribution in [2.24, 2.45) is 5.73 Å². The average molecular weight is 227 g/mol. The number of ether oxygens (including phenoxy) is 1. The summed E-state index contributed by atoms with van der Waals surface area (Å²) in [5, 5.41) is 8.87. The fourth-order valence-corrected chi connectivity index (χ4v) is 1.51.